The van der Waals surface area contributed by atoms with Crippen LogP contribution in [0, 0.1) is 5.41 Å². The molecule has 0 amide bonds. The van der Waals surface area contributed by atoms with Gasteiger partial charge in [0, 0.05) is 5.57 Å². The zero-order chi connectivity index (χ0) is 13.6. The Morgan fingerprint density at radius 2 is 2.06 bits per heavy atom. The molecule has 4 heteroatoms. The molecule has 0 saturated heterocycles. The van der Waals surface area contributed by atoms with Crippen LogP contribution in [-0.2, 0) is 19.1 Å². The first-order chi connectivity index (χ1) is 8.59. The Kier molecular flexibility index (Phi) is 5.13. The molecular weight excluding hydrogens is 232 g/mol. The van der Waals surface area contributed by atoms with E-state index in [9.17, 15) is 9.59 Å². The lowest BCUT2D eigenvalue weighted by molar-refractivity contribution is -0.153. The van der Waals surface area contributed by atoms with Crippen LogP contribution in [0.25, 0.3) is 0 Å². The van der Waals surface area contributed by atoms with Gasteiger partial charge in [0.05, 0.1) is 18.6 Å². The topological polar surface area (TPSA) is 52.6 Å². The van der Waals surface area contributed by atoms with E-state index in [1.165, 1.54) is 0 Å². The number of esters is 2. The van der Waals surface area contributed by atoms with Crippen LogP contribution < -0.4 is 0 Å². The van der Waals surface area contributed by atoms with Crippen LogP contribution in [0.15, 0.2) is 24.3 Å². The normalized spacial score (nSPS) is 22.9. The molecule has 0 spiro atoms. The second-order valence-corrected chi connectivity index (χ2v) is 4.23. The molecule has 4 nitrogen and oxygen atoms in total. The highest BCUT2D eigenvalue weighted by Crippen LogP contribution is 2.38. The van der Waals surface area contributed by atoms with Crippen LogP contribution in [0.2, 0.25) is 0 Å². The summed E-state index contributed by atoms with van der Waals surface area (Å²) in [6.45, 7) is 7.98. The van der Waals surface area contributed by atoms with Crippen molar-refractivity contribution in [2.45, 2.75) is 33.1 Å². The third-order valence-electron chi connectivity index (χ3n) is 3.16. The molecule has 0 heterocycles. The summed E-state index contributed by atoms with van der Waals surface area (Å²) in [5.41, 5.74) is -0.0509. The van der Waals surface area contributed by atoms with Crippen LogP contribution >= 0.6 is 0 Å². The molecule has 1 rings (SSSR count). The minimum absolute atomic E-state index is 0.265. The fraction of sp³-hybridized carbons (Fsp3) is 0.571. The molecule has 1 atom stereocenters. The van der Waals surface area contributed by atoms with Gasteiger partial charge in [-0.15, -0.1) is 6.58 Å². The summed E-state index contributed by atoms with van der Waals surface area (Å²) in [7, 11) is 0. The maximum absolute atomic E-state index is 11.9. The summed E-state index contributed by atoms with van der Waals surface area (Å²) in [4.78, 5) is 23.5. The first kappa shape index (κ1) is 14.5. The van der Waals surface area contributed by atoms with Gasteiger partial charge in [0.25, 0.3) is 0 Å². The highest BCUT2D eigenvalue weighted by atomic mass is 16.5. The van der Waals surface area contributed by atoms with Crippen LogP contribution in [0.5, 0.6) is 0 Å². The molecule has 0 bridgehead atoms. The molecule has 1 aliphatic rings. The van der Waals surface area contributed by atoms with E-state index in [1.807, 2.05) is 0 Å². The molecule has 0 aliphatic heterocycles. The Hall–Kier alpha value is -1.58. The molecule has 18 heavy (non-hydrogen) atoms. The zero-order valence-corrected chi connectivity index (χ0v) is 11.0. The monoisotopic (exact) mass is 252 g/mol. The molecule has 1 aliphatic carbocycles. The maximum Gasteiger partial charge on any atom is 0.333 e. The van der Waals surface area contributed by atoms with E-state index in [-0.39, 0.29) is 11.9 Å². The number of ether oxygens (including phenoxy) is 2. The lowest BCUT2D eigenvalue weighted by Crippen LogP contribution is -2.33. The molecule has 0 aromatic rings. The van der Waals surface area contributed by atoms with E-state index in [0.29, 0.717) is 38.0 Å². The van der Waals surface area contributed by atoms with E-state index in [1.54, 1.807) is 26.0 Å². The van der Waals surface area contributed by atoms with Crippen molar-refractivity contribution in [3.8, 4) is 0 Å². The summed E-state index contributed by atoms with van der Waals surface area (Å²) < 4.78 is 10.0. The summed E-state index contributed by atoms with van der Waals surface area (Å²) in [6, 6.07) is 0. The molecular formula is C14H20O4. The van der Waals surface area contributed by atoms with Gasteiger partial charge in [0.2, 0.25) is 0 Å². The van der Waals surface area contributed by atoms with E-state index in [2.05, 4.69) is 6.58 Å². The average Bonchev–Trinajstić information content (AvgIpc) is 2.39. The predicted molar refractivity (Wildman–Crippen MR) is 67.8 cm³/mol. The summed E-state index contributed by atoms with van der Waals surface area (Å²) in [6.07, 6.45) is 4.90. The fourth-order valence-corrected chi connectivity index (χ4v) is 2.01. The Bertz CT molecular complexity index is 370. The first-order valence-electron chi connectivity index (χ1n) is 6.26. The van der Waals surface area contributed by atoms with Crippen LogP contribution in [0.4, 0.5) is 0 Å². The SMILES string of the molecule is C=CC1(C(=O)OCC)CC=C(C(=O)OCC)CC1. The van der Waals surface area contributed by atoms with E-state index in [0.717, 1.165) is 0 Å². The standard InChI is InChI=1S/C14H20O4/c1-4-14(13(16)18-6-3)9-7-11(8-10-14)12(15)17-5-2/h4,7H,1,5-6,8-10H2,2-3H3. The minimum atomic E-state index is -0.688. The lowest BCUT2D eigenvalue weighted by atomic mass is 9.75. The minimum Gasteiger partial charge on any atom is -0.465 e. The molecule has 100 valence electrons. The van der Waals surface area contributed by atoms with Gasteiger partial charge >= 0.3 is 11.9 Å². The van der Waals surface area contributed by atoms with E-state index < -0.39 is 5.41 Å². The zero-order valence-electron chi connectivity index (χ0n) is 11.0. The van der Waals surface area contributed by atoms with Crippen LogP contribution in [-0.4, -0.2) is 25.2 Å². The van der Waals surface area contributed by atoms with E-state index in [4.69, 9.17) is 9.47 Å². The van der Waals surface area contributed by atoms with Crippen molar-refractivity contribution >= 4 is 11.9 Å². The molecule has 0 radical (unpaired) electrons. The van der Waals surface area contributed by atoms with Gasteiger partial charge in [-0.2, -0.15) is 0 Å². The Balaban J connectivity index is 2.77. The molecule has 0 aromatic heterocycles. The number of rotatable bonds is 5. The second kappa shape index (κ2) is 6.38. The van der Waals surface area contributed by atoms with Gasteiger partial charge in [-0.05, 0) is 33.1 Å². The predicted octanol–water partition coefficient (Wildman–Crippen LogP) is 2.40. The lowest BCUT2D eigenvalue weighted by Gasteiger charge is -2.30. The molecule has 1 unspecified atom stereocenters. The second-order valence-electron chi connectivity index (χ2n) is 4.23. The van der Waals surface area contributed by atoms with Gasteiger partial charge in [0.1, 0.15) is 0 Å². The van der Waals surface area contributed by atoms with Gasteiger partial charge in [-0.3, -0.25) is 4.79 Å². The summed E-state index contributed by atoms with van der Waals surface area (Å²) in [5.74, 6) is -0.557. The van der Waals surface area contributed by atoms with Gasteiger partial charge < -0.3 is 9.47 Å². The van der Waals surface area contributed by atoms with Crippen LogP contribution in [0.3, 0.4) is 0 Å². The van der Waals surface area contributed by atoms with E-state index >= 15 is 0 Å². The van der Waals surface area contributed by atoms with Crippen molar-refractivity contribution in [3.63, 3.8) is 0 Å². The van der Waals surface area contributed by atoms with Crippen molar-refractivity contribution < 1.29 is 19.1 Å². The van der Waals surface area contributed by atoms with Crippen molar-refractivity contribution in [3.05, 3.63) is 24.3 Å². The average molecular weight is 252 g/mol. The Morgan fingerprint density at radius 1 is 1.39 bits per heavy atom. The first-order valence-corrected chi connectivity index (χ1v) is 6.26. The van der Waals surface area contributed by atoms with Crippen LogP contribution in [0.1, 0.15) is 33.1 Å². The molecule has 0 saturated carbocycles. The third kappa shape index (κ3) is 3.00. The number of carbonyl (C=O) groups is 2. The van der Waals surface area contributed by atoms with Gasteiger partial charge in [0.15, 0.2) is 0 Å². The number of allylic oxidation sites excluding steroid dienone is 1. The van der Waals surface area contributed by atoms with Crippen molar-refractivity contribution in [1.82, 2.24) is 0 Å². The van der Waals surface area contributed by atoms with Gasteiger partial charge in [-0.25, -0.2) is 4.79 Å². The number of hydrogen-bond donors (Lipinski definition) is 0. The van der Waals surface area contributed by atoms with Crippen molar-refractivity contribution in [1.29, 1.82) is 0 Å². The third-order valence-corrected chi connectivity index (χ3v) is 3.16. The van der Waals surface area contributed by atoms with Crippen molar-refractivity contribution in [2.24, 2.45) is 5.41 Å². The maximum atomic E-state index is 11.9. The Morgan fingerprint density at radius 3 is 2.50 bits per heavy atom. The molecule has 0 N–H and O–H groups in total. The van der Waals surface area contributed by atoms with Gasteiger partial charge in [-0.1, -0.05) is 12.2 Å². The fourth-order valence-electron chi connectivity index (χ4n) is 2.01. The molecule has 0 aromatic carbocycles. The highest BCUT2D eigenvalue weighted by Gasteiger charge is 2.39. The summed E-state index contributed by atoms with van der Waals surface area (Å²) in [5, 5.41) is 0. The highest BCUT2D eigenvalue weighted by molar-refractivity contribution is 5.89. The molecule has 0 fully saturated rings. The quantitative estimate of drug-likeness (QED) is 0.557. The Labute approximate surface area is 108 Å². The number of carbonyl (C=O) groups excluding carboxylic acids is 2. The van der Waals surface area contributed by atoms with Crippen molar-refractivity contribution in [2.75, 3.05) is 13.2 Å². The smallest absolute Gasteiger partial charge is 0.333 e. The number of hydrogen-bond acceptors (Lipinski definition) is 4. The largest absolute Gasteiger partial charge is 0.465 e. The summed E-state index contributed by atoms with van der Waals surface area (Å²) >= 11 is 0.